The Morgan fingerprint density at radius 2 is 2.00 bits per heavy atom. The molecular formula is C15H24N2O3. The molecule has 5 heteroatoms. The number of amides is 1. The van der Waals surface area contributed by atoms with Gasteiger partial charge in [-0.25, -0.2) is 0 Å². The van der Waals surface area contributed by atoms with Crippen LogP contribution in [0.15, 0.2) is 18.2 Å². The summed E-state index contributed by atoms with van der Waals surface area (Å²) in [6.45, 7) is 3.76. The molecule has 0 atom stereocenters. The second-order valence-corrected chi connectivity index (χ2v) is 4.77. The molecular weight excluding hydrogens is 256 g/mol. The summed E-state index contributed by atoms with van der Waals surface area (Å²) in [6, 6.07) is 5.05. The van der Waals surface area contributed by atoms with Gasteiger partial charge in [-0.3, -0.25) is 4.79 Å². The first-order valence-electron chi connectivity index (χ1n) is 6.88. The molecule has 0 aliphatic carbocycles. The van der Waals surface area contributed by atoms with E-state index in [1.54, 1.807) is 32.3 Å². The largest absolute Gasteiger partial charge is 0.490 e. The number of unbranched alkanes of at least 4 members (excludes halogenated alkanes) is 1. The fraction of sp³-hybridized carbons (Fsp3) is 0.533. The Balaban J connectivity index is 2.59. The standard InChI is InChI=1S/C15H24N2O3/c1-4-5-8-19-9-10-20-14-11-12(16)6-7-13(14)15(18)17(2)3/h6-7,11H,4-5,8-10,16H2,1-3H3. The maximum atomic E-state index is 12.0. The Kier molecular flexibility index (Phi) is 6.87. The molecule has 0 aliphatic rings. The molecule has 0 heterocycles. The number of nitrogens with two attached hydrogens (primary N) is 1. The molecule has 0 fully saturated rings. The first kappa shape index (κ1) is 16.3. The lowest BCUT2D eigenvalue weighted by Gasteiger charge is -2.15. The van der Waals surface area contributed by atoms with Gasteiger partial charge in [-0.1, -0.05) is 13.3 Å². The van der Waals surface area contributed by atoms with E-state index >= 15 is 0 Å². The van der Waals surface area contributed by atoms with E-state index in [9.17, 15) is 4.79 Å². The highest BCUT2D eigenvalue weighted by molar-refractivity contribution is 5.97. The monoisotopic (exact) mass is 280 g/mol. The van der Waals surface area contributed by atoms with Gasteiger partial charge in [-0.2, -0.15) is 0 Å². The van der Waals surface area contributed by atoms with Crippen LogP contribution in [0.3, 0.4) is 0 Å². The van der Waals surface area contributed by atoms with Crippen LogP contribution in [0.5, 0.6) is 5.75 Å². The Bertz CT molecular complexity index is 433. The number of rotatable bonds is 8. The van der Waals surface area contributed by atoms with Crippen LogP contribution in [0, 0.1) is 0 Å². The lowest BCUT2D eigenvalue weighted by molar-refractivity contribution is 0.0810. The number of hydrogen-bond acceptors (Lipinski definition) is 4. The van der Waals surface area contributed by atoms with Gasteiger partial charge in [0, 0.05) is 32.5 Å². The van der Waals surface area contributed by atoms with Crippen LogP contribution in [0.2, 0.25) is 0 Å². The van der Waals surface area contributed by atoms with Crippen LogP contribution in [0.25, 0.3) is 0 Å². The number of hydrogen-bond donors (Lipinski definition) is 1. The van der Waals surface area contributed by atoms with Gasteiger partial charge in [0.05, 0.1) is 12.2 Å². The van der Waals surface area contributed by atoms with Crippen LogP contribution in [0.1, 0.15) is 30.1 Å². The summed E-state index contributed by atoms with van der Waals surface area (Å²) in [4.78, 5) is 13.5. The average Bonchev–Trinajstić information content (AvgIpc) is 2.42. The van der Waals surface area contributed by atoms with Crippen LogP contribution >= 0.6 is 0 Å². The lowest BCUT2D eigenvalue weighted by Crippen LogP contribution is -2.22. The minimum absolute atomic E-state index is 0.105. The minimum atomic E-state index is -0.105. The molecule has 5 nitrogen and oxygen atoms in total. The second kappa shape index (κ2) is 8.43. The highest BCUT2D eigenvalue weighted by Crippen LogP contribution is 2.22. The molecule has 1 rings (SSSR count). The molecule has 1 amide bonds. The summed E-state index contributed by atoms with van der Waals surface area (Å²) < 4.78 is 11.0. The van der Waals surface area contributed by atoms with Crippen molar-refractivity contribution in [3.63, 3.8) is 0 Å². The van der Waals surface area contributed by atoms with E-state index < -0.39 is 0 Å². The molecule has 0 radical (unpaired) electrons. The van der Waals surface area contributed by atoms with Crippen molar-refractivity contribution in [2.75, 3.05) is 39.6 Å². The molecule has 0 aliphatic heterocycles. The van der Waals surface area contributed by atoms with E-state index in [2.05, 4.69) is 6.92 Å². The van der Waals surface area contributed by atoms with Crippen LogP contribution in [-0.4, -0.2) is 44.7 Å². The number of ether oxygens (including phenoxy) is 2. The lowest BCUT2D eigenvalue weighted by atomic mass is 10.1. The molecule has 0 unspecified atom stereocenters. The quantitative estimate of drug-likeness (QED) is 0.585. The molecule has 0 bridgehead atoms. The highest BCUT2D eigenvalue weighted by atomic mass is 16.5. The summed E-state index contributed by atoms with van der Waals surface area (Å²) in [5.41, 5.74) is 6.82. The third-order valence-electron chi connectivity index (χ3n) is 2.77. The fourth-order valence-corrected chi connectivity index (χ4v) is 1.63. The second-order valence-electron chi connectivity index (χ2n) is 4.77. The highest BCUT2D eigenvalue weighted by Gasteiger charge is 2.14. The maximum absolute atomic E-state index is 12.0. The Hall–Kier alpha value is -1.75. The van der Waals surface area contributed by atoms with Crippen molar-refractivity contribution in [1.82, 2.24) is 4.90 Å². The number of nitrogens with zero attached hydrogens (tertiary/aromatic N) is 1. The smallest absolute Gasteiger partial charge is 0.257 e. The van der Waals surface area contributed by atoms with Gasteiger partial charge in [0.25, 0.3) is 5.91 Å². The molecule has 20 heavy (non-hydrogen) atoms. The zero-order chi connectivity index (χ0) is 15.0. The van der Waals surface area contributed by atoms with Crippen molar-refractivity contribution < 1.29 is 14.3 Å². The Morgan fingerprint density at radius 3 is 2.65 bits per heavy atom. The first-order valence-corrected chi connectivity index (χ1v) is 6.88. The molecule has 0 saturated carbocycles. The van der Waals surface area contributed by atoms with E-state index in [4.69, 9.17) is 15.2 Å². The van der Waals surface area contributed by atoms with E-state index in [0.717, 1.165) is 19.4 Å². The number of carbonyl (C=O) groups is 1. The van der Waals surface area contributed by atoms with Crippen molar-refractivity contribution in [2.24, 2.45) is 0 Å². The first-order chi connectivity index (χ1) is 9.56. The van der Waals surface area contributed by atoms with Crippen LogP contribution in [-0.2, 0) is 4.74 Å². The molecule has 1 aromatic rings. The summed E-state index contributed by atoms with van der Waals surface area (Å²) in [6.07, 6.45) is 2.15. The topological polar surface area (TPSA) is 64.8 Å². The number of anilines is 1. The zero-order valence-corrected chi connectivity index (χ0v) is 12.5. The van der Waals surface area contributed by atoms with Crippen molar-refractivity contribution in [2.45, 2.75) is 19.8 Å². The predicted octanol–water partition coefficient (Wildman–Crippen LogP) is 2.17. The Morgan fingerprint density at radius 1 is 1.25 bits per heavy atom. The average molecular weight is 280 g/mol. The zero-order valence-electron chi connectivity index (χ0n) is 12.5. The van der Waals surface area contributed by atoms with E-state index in [1.807, 2.05) is 0 Å². The number of carbonyl (C=O) groups excluding carboxylic acids is 1. The molecule has 112 valence electrons. The number of nitrogen functional groups attached to an aromatic ring is 1. The molecule has 0 aromatic heterocycles. The Labute approximate surface area is 120 Å². The maximum Gasteiger partial charge on any atom is 0.257 e. The minimum Gasteiger partial charge on any atom is -0.490 e. The number of benzene rings is 1. The normalized spacial score (nSPS) is 10.3. The van der Waals surface area contributed by atoms with Crippen molar-refractivity contribution in [3.05, 3.63) is 23.8 Å². The SMILES string of the molecule is CCCCOCCOc1cc(N)ccc1C(=O)N(C)C. The van der Waals surface area contributed by atoms with E-state index in [-0.39, 0.29) is 5.91 Å². The third kappa shape index (κ3) is 5.09. The fourth-order valence-electron chi connectivity index (χ4n) is 1.63. The van der Waals surface area contributed by atoms with Gasteiger partial charge in [0.1, 0.15) is 12.4 Å². The van der Waals surface area contributed by atoms with Crippen molar-refractivity contribution in [1.29, 1.82) is 0 Å². The summed E-state index contributed by atoms with van der Waals surface area (Å²) in [7, 11) is 3.41. The summed E-state index contributed by atoms with van der Waals surface area (Å²) in [5.74, 6) is 0.398. The molecule has 2 N–H and O–H groups in total. The summed E-state index contributed by atoms with van der Waals surface area (Å²) >= 11 is 0. The van der Waals surface area contributed by atoms with Gasteiger partial charge >= 0.3 is 0 Å². The van der Waals surface area contributed by atoms with Gasteiger partial charge in [-0.05, 0) is 18.6 Å². The van der Waals surface area contributed by atoms with Crippen LogP contribution < -0.4 is 10.5 Å². The summed E-state index contributed by atoms with van der Waals surface area (Å²) in [5, 5.41) is 0. The van der Waals surface area contributed by atoms with Crippen molar-refractivity contribution in [3.8, 4) is 5.75 Å². The van der Waals surface area contributed by atoms with Gasteiger partial charge in [0.2, 0.25) is 0 Å². The predicted molar refractivity (Wildman–Crippen MR) is 80.1 cm³/mol. The molecule has 0 saturated heterocycles. The third-order valence-corrected chi connectivity index (χ3v) is 2.77. The van der Waals surface area contributed by atoms with Crippen molar-refractivity contribution >= 4 is 11.6 Å². The van der Waals surface area contributed by atoms with E-state index in [0.29, 0.717) is 30.2 Å². The van der Waals surface area contributed by atoms with Crippen LogP contribution in [0.4, 0.5) is 5.69 Å². The van der Waals surface area contributed by atoms with E-state index in [1.165, 1.54) is 4.90 Å². The van der Waals surface area contributed by atoms with Gasteiger partial charge < -0.3 is 20.1 Å². The van der Waals surface area contributed by atoms with Gasteiger partial charge in [0.15, 0.2) is 0 Å². The molecule has 0 spiro atoms. The molecule has 1 aromatic carbocycles. The van der Waals surface area contributed by atoms with Gasteiger partial charge in [-0.15, -0.1) is 0 Å².